The molecule has 5 nitrogen and oxygen atoms in total. The molecule has 3 rings (SSSR count). The molecule has 2 aromatic rings. The summed E-state index contributed by atoms with van der Waals surface area (Å²) < 4.78 is 6.55. The Kier molecular flexibility index (Phi) is 2.98. The van der Waals surface area contributed by atoms with Crippen LogP contribution in [0.4, 0.5) is 0 Å². The molecule has 0 bridgehead atoms. The number of carbonyl (C=O) groups excluding carboxylic acids is 1. The minimum Gasteiger partial charge on any atom is -0.408 e. The van der Waals surface area contributed by atoms with Gasteiger partial charge in [-0.15, -0.1) is 0 Å². The predicted octanol–water partition coefficient (Wildman–Crippen LogP) is 1.31. The fraction of sp³-hybridized carbons (Fsp3) is 0.429. The van der Waals surface area contributed by atoms with Gasteiger partial charge in [-0.1, -0.05) is 0 Å². The Balaban J connectivity index is 1.96. The Morgan fingerprint density at radius 2 is 2.32 bits per heavy atom. The van der Waals surface area contributed by atoms with Gasteiger partial charge in [-0.25, -0.2) is 4.79 Å². The van der Waals surface area contributed by atoms with Crippen molar-refractivity contribution < 1.29 is 9.21 Å². The largest absolute Gasteiger partial charge is 0.419 e. The van der Waals surface area contributed by atoms with Gasteiger partial charge in [0.1, 0.15) is 0 Å². The highest BCUT2D eigenvalue weighted by Gasteiger charge is 2.22. The van der Waals surface area contributed by atoms with Gasteiger partial charge in [0, 0.05) is 25.1 Å². The Morgan fingerprint density at radius 3 is 3.05 bits per heavy atom. The number of aryl methyl sites for hydroxylation is 1. The molecule has 1 aromatic carbocycles. The zero-order valence-corrected chi connectivity index (χ0v) is 10.8. The molecule has 1 unspecified atom stereocenters. The van der Waals surface area contributed by atoms with Crippen LogP contribution >= 0.6 is 0 Å². The summed E-state index contributed by atoms with van der Waals surface area (Å²) in [4.78, 5) is 23.8. The van der Waals surface area contributed by atoms with E-state index in [0.717, 1.165) is 25.9 Å². The summed E-state index contributed by atoms with van der Waals surface area (Å²) in [6.07, 6.45) is 1.95. The fourth-order valence-electron chi connectivity index (χ4n) is 2.60. The molecule has 1 N–H and O–H groups in total. The first kappa shape index (κ1) is 12.2. The zero-order chi connectivity index (χ0) is 13.4. The van der Waals surface area contributed by atoms with Crippen LogP contribution in [0.2, 0.25) is 0 Å². The van der Waals surface area contributed by atoms with Crippen molar-refractivity contribution in [1.82, 2.24) is 9.88 Å². The number of ketones is 1. The standard InChI is InChI=1S/C14H16N2O3/c1-16-11-5-4-9(7-12(11)19-14(16)18)13(17)10-3-2-6-15-8-10/h4-5,7,10,15H,2-3,6,8H2,1H3. The summed E-state index contributed by atoms with van der Waals surface area (Å²) in [6.45, 7) is 1.71. The number of carbonyl (C=O) groups is 1. The van der Waals surface area contributed by atoms with Crippen LogP contribution in [0.25, 0.3) is 11.1 Å². The molecule has 1 aliphatic rings. The summed E-state index contributed by atoms with van der Waals surface area (Å²) in [5.74, 6) is -0.249. The van der Waals surface area contributed by atoms with E-state index in [1.807, 2.05) is 0 Å². The Labute approximate surface area is 110 Å². The van der Waals surface area contributed by atoms with Crippen molar-refractivity contribution in [2.45, 2.75) is 12.8 Å². The second kappa shape index (κ2) is 4.66. The lowest BCUT2D eigenvalue weighted by Gasteiger charge is -2.21. The van der Waals surface area contributed by atoms with Gasteiger partial charge in [-0.05, 0) is 37.6 Å². The van der Waals surface area contributed by atoms with E-state index in [1.54, 1.807) is 25.2 Å². The maximum atomic E-state index is 12.4. The van der Waals surface area contributed by atoms with Crippen LogP contribution in [0.3, 0.4) is 0 Å². The predicted molar refractivity (Wildman–Crippen MR) is 71.4 cm³/mol. The summed E-state index contributed by atoms with van der Waals surface area (Å²) in [6, 6.07) is 5.21. The monoisotopic (exact) mass is 260 g/mol. The first-order valence-electron chi connectivity index (χ1n) is 6.51. The highest BCUT2D eigenvalue weighted by Crippen LogP contribution is 2.20. The number of Topliss-reactive ketones (excluding diaryl/α,β-unsaturated/α-hetero) is 1. The molecule has 0 saturated carbocycles. The average molecular weight is 260 g/mol. The number of nitrogens with zero attached hydrogens (tertiary/aromatic N) is 1. The van der Waals surface area contributed by atoms with Gasteiger partial charge in [-0.2, -0.15) is 0 Å². The molecule has 19 heavy (non-hydrogen) atoms. The minimum atomic E-state index is -0.404. The van der Waals surface area contributed by atoms with E-state index in [-0.39, 0.29) is 11.7 Å². The molecule has 1 aliphatic heterocycles. The first-order chi connectivity index (χ1) is 9.16. The maximum Gasteiger partial charge on any atom is 0.419 e. The number of fused-ring (bicyclic) bond motifs is 1. The fourth-order valence-corrected chi connectivity index (χ4v) is 2.60. The third-order valence-electron chi connectivity index (χ3n) is 3.74. The number of aromatic nitrogens is 1. The van der Waals surface area contributed by atoms with E-state index in [4.69, 9.17) is 4.42 Å². The summed E-state index contributed by atoms with van der Waals surface area (Å²) in [5.41, 5.74) is 1.81. The van der Waals surface area contributed by atoms with Gasteiger partial charge in [0.2, 0.25) is 0 Å². The van der Waals surface area contributed by atoms with E-state index in [0.29, 0.717) is 16.7 Å². The van der Waals surface area contributed by atoms with Gasteiger partial charge in [0.05, 0.1) is 5.52 Å². The quantitative estimate of drug-likeness (QED) is 0.827. The van der Waals surface area contributed by atoms with E-state index >= 15 is 0 Å². The second-order valence-corrected chi connectivity index (χ2v) is 5.02. The number of rotatable bonds is 2. The molecule has 1 fully saturated rings. The number of oxazole rings is 1. The van der Waals surface area contributed by atoms with Crippen molar-refractivity contribution in [2.75, 3.05) is 13.1 Å². The van der Waals surface area contributed by atoms with Crippen LogP contribution in [-0.2, 0) is 7.05 Å². The second-order valence-electron chi connectivity index (χ2n) is 5.02. The molecular formula is C14H16N2O3. The molecule has 1 atom stereocenters. The van der Waals surface area contributed by atoms with E-state index in [1.165, 1.54) is 4.57 Å². The van der Waals surface area contributed by atoms with Crippen molar-refractivity contribution in [3.05, 3.63) is 34.3 Å². The van der Waals surface area contributed by atoms with Gasteiger partial charge < -0.3 is 9.73 Å². The number of nitrogens with one attached hydrogen (secondary N) is 1. The Hall–Kier alpha value is -1.88. The van der Waals surface area contributed by atoms with Crippen molar-refractivity contribution >= 4 is 16.9 Å². The van der Waals surface area contributed by atoms with Crippen LogP contribution in [-0.4, -0.2) is 23.4 Å². The molecule has 0 aliphatic carbocycles. The minimum absolute atomic E-state index is 0.0293. The molecule has 1 aromatic heterocycles. The van der Waals surface area contributed by atoms with Crippen molar-refractivity contribution in [2.24, 2.45) is 13.0 Å². The number of hydrogen-bond acceptors (Lipinski definition) is 4. The lowest BCUT2D eigenvalue weighted by Crippen LogP contribution is -2.34. The number of benzene rings is 1. The molecule has 1 saturated heterocycles. The topological polar surface area (TPSA) is 64.2 Å². The molecular weight excluding hydrogens is 244 g/mol. The highest BCUT2D eigenvalue weighted by atomic mass is 16.4. The van der Waals surface area contributed by atoms with Gasteiger partial charge in [0.15, 0.2) is 11.4 Å². The SMILES string of the molecule is Cn1c(=O)oc2cc(C(=O)C3CCCNC3)ccc21. The molecule has 100 valence electrons. The van der Waals surface area contributed by atoms with Crippen molar-refractivity contribution in [3.63, 3.8) is 0 Å². The van der Waals surface area contributed by atoms with Crippen LogP contribution in [0, 0.1) is 5.92 Å². The summed E-state index contributed by atoms with van der Waals surface area (Å²) in [7, 11) is 1.65. The zero-order valence-electron chi connectivity index (χ0n) is 10.8. The Morgan fingerprint density at radius 1 is 1.47 bits per heavy atom. The first-order valence-corrected chi connectivity index (χ1v) is 6.51. The molecule has 2 heterocycles. The number of hydrogen-bond donors (Lipinski definition) is 1. The normalized spacial score (nSPS) is 19.7. The Bertz CT molecular complexity index is 678. The molecule has 5 heteroatoms. The van der Waals surface area contributed by atoms with Crippen LogP contribution < -0.4 is 11.1 Å². The maximum absolute atomic E-state index is 12.4. The third kappa shape index (κ3) is 2.10. The smallest absolute Gasteiger partial charge is 0.408 e. The summed E-state index contributed by atoms with van der Waals surface area (Å²) in [5, 5.41) is 3.24. The van der Waals surface area contributed by atoms with Crippen molar-refractivity contribution in [3.8, 4) is 0 Å². The van der Waals surface area contributed by atoms with Crippen molar-refractivity contribution in [1.29, 1.82) is 0 Å². The van der Waals surface area contributed by atoms with Gasteiger partial charge in [-0.3, -0.25) is 9.36 Å². The lowest BCUT2D eigenvalue weighted by atomic mass is 9.91. The van der Waals surface area contributed by atoms with E-state index < -0.39 is 5.76 Å². The number of piperidine rings is 1. The summed E-state index contributed by atoms with van der Waals surface area (Å²) >= 11 is 0. The van der Waals surface area contributed by atoms with Crippen LogP contribution in [0.1, 0.15) is 23.2 Å². The highest BCUT2D eigenvalue weighted by molar-refractivity contribution is 6.00. The third-order valence-corrected chi connectivity index (χ3v) is 3.74. The lowest BCUT2D eigenvalue weighted by molar-refractivity contribution is 0.0899. The van der Waals surface area contributed by atoms with Gasteiger partial charge in [0.25, 0.3) is 0 Å². The van der Waals surface area contributed by atoms with E-state index in [9.17, 15) is 9.59 Å². The average Bonchev–Trinajstić information content (AvgIpc) is 2.74. The van der Waals surface area contributed by atoms with Gasteiger partial charge >= 0.3 is 5.76 Å². The van der Waals surface area contributed by atoms with E-state index in [2.05, 4.69) is 5.32 Å². The molecule has 0 radical (unpaired) electrons. The molecule has 0 amide bonds. The van der Waals surface area contributed by atoms with Crippen LogP contribution in [0.5, 0.6) is 0 Å². The van der Waals surface area contributed by atoms with Crippen LogP contribution in [0.15, 0.2) is 27.4 Å². The molecule has 0 spiro atoms.